The van der Waals surface area contributed by atoms with Crippen molar-refractivity contribution in [1.82, 2.24) is 0 Å². The van der Waals surface area contributed by atoms with Gasteiger partial charge >= 0.3 is 5.97 Å². The van der Waals surface area contributed by atoms with Crippen molar-refractivity contribution >= 4 is 34.4 Å². The Morgan fingerprint density at radius 1 is 0.750 bits per heavy atom. The van der Waals surface area contributed by atoms with Gasteiger partial charge in [0.15, 0.2) is 16.7 Å². The van der Waals surface area contributed by atoms with Crippen molar-refractivity contribution in [3.05, 3.63) is 172 Å². The number of benzene rings is 5. The van der Waals surface area contributed by atoms with Crippen molar-refractivity contribution in [3.8, 4) is 5.75 Å². The molecule has 12 heteroatoms. The van der Waals surface area contributed by atoms with Crippen molar-refractivity contribution in [2.75, 3.05) is 26.1 Å². The highest BCUT2D eigenvalue weighted by molar-refractivity contribution is 8.13. The van der Waals surface area contributed by atoms with Gasteiger partial charge < -0.3 is 33.2 Å². The Morgan fingerprint density at radius 2 is 1.33 bits per heavy atom. The average molecular weight is 857 g/mol. The van der Waals surface area contributed by atoms with E-state index in [1.165, 1.54) is 27.0 Å². The van der Waals surface area contributed by atoms with Crippen molar-refractivity contribution in [3.63, 3.8) is 0 Å². The summed E-state index contributed by atoms with van der Waals surface area (Å²) in [7, 11) is 1.50. The summed E-state index contributed by atoms with van der Waals surface area (Å²) in [6, 6.07) is 39.1. The minimum Gasteiger partial charge on any atom is -0.491 e. The molecule has 0 aliphatic carbocycles. The first kappa shape index (κ1) is 44.9. The third kappa shape index (κ3) is 11.2. The number of methoxy groups -OCH3 is 1. The molecule has 6 rings (SSSR count). The number of ether oxygens (including phenoxy) is 7. The number of hydrogen-bond acceptors (Lipinski definition) is 10. The zero-order valence-corrected chi connectivity index (χ0v) is 35.7. The number of hydrogen-bond donors (Lipinski definition) is 0. The van der Waals surface area contributed by atoms with Crippen LogP contribution in [0.1, 0.15) is 54.2 Å². The molecule has 0 saturated carbocycles. The molecule has 0 N–H and O–H groups in total. The summed E-state index contributed by atoms with van der Waals surface area (Å²) in [6.07, 6.45) is -2.79. The monoisotopic (exact) mass is 856 g/mol. The van der Waals surface area contributed by atoms with E-state index in [2.05, 4.69) is 0 Å². The highest BCUT2D eigenvalue weighted by atomic mass is 35.5. The van der Waals surface area contributed by atoms with Crippen LogP contribution in [-0.4, -0.2) is 61.1 Å². The van der Waals surface area contributed by atoms with Crippen LogP contribution in [0.15, 0.2) is 127 Å². The maximum atomic E-state index is 15.1. The fourth-order valence-electron chi connectivity index (χ4n) is 7.29. The summed E-state index contributed by atoms with van der Waals surface area (Å²) < 4.78 is 61.2. The molecule has 0 radical (unpaired) electrons. The van der Waals surface area contributed by atoms with Crippen LogP contribution in [0.25, 0.3) is 0 Å². The number of rotatable bonds is 19. The molecule has 5 atom stereocenters. The van der Waals surface area contributed by atoms with E-state index < -0.39 is 41.5 Å². The van der Waals surface area contributed by atoms with Gasteiger partial charge in [0.25, 0.3) is 0 Å². The van der Waals surface area contributed by atoms with E-state index in [-0.39, 0.29) is 49.5 Å². The molecule has 5 aromatic rings. The Morgan fingerprint density at radius 3 is 1.87 bits per heavy atom. The molecule has 5 aromatic carbocycles. The number of carbonyl (C=O) groups is 2. The first-order valence-corrected chi connectivity index (χ1v) is 21.1. The number of carbonyl (C=O) groups excluding carboxylic acids is 2. The predicted molar refractivity (Wildman–Crippen MR) is 229 cm³/mol. The van der Waals surface area contributed by atoms with Gasteiger partial charge in [-0.2, -0.15) is 0 Å². The Kier molecular flexibility index (Phi) is 15.9. The fraction of sp³-hybridized carbons (Fsp3) is 0.333. The van der Waals surface area contributed by atoms with Crippen molar-refractivity contribution < 1.29 is 47.1 Å². The highest BCUT2D eigenvalue weighted by Crippen LogP contribution is 2.49. The molecule has 0 aromatic heterocycles. The summed E-state index contributed by atoms with van der Waals surface area (Å²) in [5.74, 6) is -2.70. The smallest absolute Gasteiger partial charge is 0.302 e. The lowest BCUT2D eigenvalue weighted by Crippen LogP contribution is -2.72. The lowest BCUT2D eigenvalue weighted by atomic mass is 9.80. The largest absolute Gasteiger partial charge is 0.491 e. The Labute approximate surface area is 360 Å². The van der Waals surface area contributed by atoms with Crippen LogP contribution in [0.4, 0.5) is 4.39 Å². The van der Waals surface area contributed by atoms with Gasteiger partial charge in [-0.15, -0.1) is 0 Å². The number of thioether (sulfide) groups is 1. The van der Waals surface area contributed by atoms with E-state index in [0.29, 0.717) is 28.3 Å². The third-order valence-corrected chi connectivity index (χ3v) is 11.6. The minimum absolute atomic E-state index is 0.0112. The summed E-state index contributed by atoms with van der Waals surface area (Å²) in [4.78, 5) is 25.5. The zero-order chi connectivity index (χ0) is 42.5. The maximum absolute atomic E-state index is 15.1. The van der Waals surface area contributed by atoms with Crippen LogP contribution in [0.2, 0.25) is 5.02 Å². The first-order valence-electron chi connectivity index (χ1n) is 19.7. The van der Waals surface area contributed by atoms with E-state index >= 15 is 4.39 Å². The lowest BCUT2D eigenvalue weighted by Gasteiger charge is -2.57. The molecule has 1 aliphatic rings. The van der Waals surface area contributed by atoms with Crippen molar-refractivity contribution in [2.45, 2.75) is 76.7 Å². The van der Waals surface area contributed by atoms with Crippen LogP contribution >= 0.6 is 23.4 Å². The SMILES string of the molecule is CCOc1ccc(Cc2cc([C@]3(OC)O[C@](COC(C)=O)(CSC(C)=O)[C@@H](OCc4ccccc4)[C@H](OCc4ccccc4)[C@H]3OCc3ccccc3)ccc2Cl)cc1F. The average Bonchev–Trinajstić information content (AvgIpc) is 3.26. The van der Waals surface area contributed by atoms with Gasteiger partial charge in [-0.25, -0.2) is 4.39 Å². The summed E-state index contributed by atoms with van der Waals surface area (Å²) in [6.45, 7) is 4.96. The molecule has 0 unspecified atom stereocenters. The molecule has 1 heterocycles. The topological polar surface area (TPSA) is 98.8 Å². The van der Waals surface area contributed by atoms with Gasteiger partial charge in [0.1, 0.15) is 30.5 Å². The Balaban J connectivity index is 1.54. The van der Waals surface area contributed by atoms with Crippen molar-refractivity contribution in [1.29, 1.82) is 0 Å². The van der Waals surface area contributed by atoms with Gasteiger partial charge in [0.05, 0.1) is 26.4 Å². The van der Waals surface area contributed by atoms with Gasteiger partial charge in [0.2, 0.25) is 5.79 Å². The molecule has 9 nitrogen and oxygen atoms in total. The summed E-state index contributed by atoms with van der Waals surface area (Å²) in [5, 5.41) is 0.238. The van der Waals surface area contributed by atoms with Gasteiger partial charge in [-0.05, 0) is 65.4 Å². The highest BCUT2D eigenvalue weighted by Gasteiger charge is 2.65. The van der Waals surface area contributed by atoms with E-state index in [4.69, 9.17) is 44.8 Å². The molecular weight excluding hydrogens is 807 g/mol. The Hall–Kier alpha value is -4.59. The third-order valence-electron chi connectivity index (χ3n) is 10.2. The predicted octanol–water partition coefficient (Wildman–Crippen LogP) is 9.64. The summed E-state index contributed by atoms with van der Waals surface area (Å²) >= 11 is 7.90. The van der Waals surface area contributed by atoms with E-state index in [1.54, 1.807) is 31.2 Å². The second-order valence-electron chi connectivity index (χ2n) is 14.5. The standard InChI is InChI=1S/C48H50ClFO9S/c1-5-54-43-24-21-38(26-42(43)50)25-39-27-40(22-23-41(39)49)48(53-4)46(57-30-37-19-13-8-14-20-37)44(55-28-35-15-9-6-10-16-35)45(56-29-36-17-11-7-12-18-36)47(59-48,31-58-33(2)51)32-60-34(3)52/h6-24,26-27,44-46H,5,25,28-32H2,1-4H3/t44-,45-,46+,47+,48-/m0/s1. The maximum Gasteiger partial charge on any atom is 0.302 e. The molecule has 0 amide bonds. The second-order valence-corrected chi connectivity index (χ2v) is 16.0. The number of esters is 1. The lowest BCUT2D eigenvalue weighted by molar-refractivity contribution is -0.408. The van der Waals surface area contributed by atoms with Crippen LogP contribution in [0.3, 0.4) is 0 Å². The molecule has 1 aliphatic heterocycles. The minimum atomic E-state index is -1.80. The Bertz CT molecular complexity index is 2140. The van der Waals surface area contributed by atoms with Crippen LogP contribution in [0, 0.1) is 5.82 Å². The van der Waals surface area contributed by atoms with Crippen LogP contribution in [-0.2, 0) is 70.0 Å². The van der Waals surface area contributed by atoms with Crippen LogP contribution < -0.4 is 4.74 Å². The molecule has 0 bridgehead atoms. The van der Waals surface area contributed by atoms with Gasteiger partial charge in [-0.3, -0.25) is 9.59 Å². The quantitative estimate of drug-likeness (QED) is 0.0747. The van der Waals surface area contributed by atoms with Crippen molar-refractivity contribution in [2.24, 2.45) is 0 Å². The molecule has 0 spiro atoms. The molecule has 316 valence electrons. The molecule has 1 fully saturated rings. The van der Waals surface area contributed by atoms with Crippen LogP contribution in [0.5, 0.6) is 5.75 Å². The van der Waals surface area contributed by atoms with E-state index in [1.807, 2.05) is 97.1 Å². The normalized spacial score (nSPS) is 21.3. The van der Waals surface area contributed by atoms with E-state index in [0.717, 1.165) is 28.5 Å². The molecular formula is C48H50ClFO9S. The summed E-state index contributed by atoms with van der Waals surface area (Å²) in [5.41, 5.74) is 2.86. The molecule has 60 heavy (non-hydrogen) atoms. The zero-order valence-electron chi connectivity index (χ0n) is 34.1. The fourth-order valence-corrected chi connectivity index (χ4v) is 8.23. The second kappa shape index (κ2) is 21.3. The molecule has 1 saturated heterocycles. The first-order chi connectivity index (χ1) is 29.1. The van der Waals surface area contributed by atoms with E-state index in [9.17, 15) is 9.59 Å². The number of halogens is 2. The van der Waals surface area contributed by atoms with Gasteiger partial charge in [-0.1, -0.05) is 126 Å². The van der Waals surface area contributed by atoms with Gasteiger partial charge in [0, 0.05) is 37.3 Å².